The Kier molecular flexibility index (Phi) is 35.0. The van der Waals surface area contributed by atoms with Crippen LogP contribution in [0.4, 0.5) is 0 Å². The second-order valence-corrected chi connectivity index (χ2v) is 12.6. The van der Waals surface area contributed by atoms with Crippen molar-refractivity contribution < 1.29 is 0 Å². The summed E-state index contributed by atoms with van der Waals surface area (Å²) in [6.07, 6.45) is 51.5. The molecule has 0 heterocycles. The summed E-state index contributed by atoms with van der Waals surface area (Å²) in [6.45, 7) is 5.49. The normalized spacial score (nSPS) is 12.1. The van der Waals surface area contributed by atoms with E-state index >= 15 is 0 Å². The molecule has 0 aromatic heterocycles. The second-order valence-electron chi connectivity index (χ2n) is 12.6. The number of rotatable bonds is 33. The summed E-state index contributed by atoms with van der Waals surface area (Å²) < 4.78 is 0. The Morgan fingerprint density at radius 2 is 0.615 bits per heavy atom. The minimum atomic E-state index is 0.776. The Bertz CT molecular complexity index is 437. The zero-order valence-electron chi connectivity index (χ0n) is 27.4. The molecule has 0 bridgehead atoms. The summed E-state index contributed by atoms with van der Waals surface area (Å²) in [5.41, 5.74) is 6.09. The fourth-order valence-electron chi connectivity index (χ4n) is 5.74. The first kappa shape index (κ1) is 38.4. The molecule has 0 aliphatic carbocycles. The third-order valence-corrected chi connectivity index (χ3v) is 8.58. The summed E-state index contributed by atoms with van der Waals surface area (Å²) in [7, 11) is 0. The van der Waals surface area contributed by atoms with Crippen LogP contribution in [0.1, 0.15) is 206 Å². The standard InChI is InChI=1S/C38H75N/c1-3-5-7-9-11-13-15-17-19-21-23-25-27-29-31-33-35-38(37-39)36-34-32-30-28-26-24-22-20-18-16-14-12-10-8-6-4-2/h17-20,38H,3-16,21-37,39H2,1-2H3/b19-17-,20-18-. The Morgan fingerprint density at radius 1 is 0.359 bits per heavy atom. The van der Waals surface area contributed by atoms with Crippen molar-refractivity contribution in [2.24, 2.45) is 11.7 Å². The highest BCUT2D eigenvalue weighted by atomic mass is 14.5. The molecular formula is C38H75N. The third kappa shape index (κ3) is 33.5. The van der Waals surface area contributed by atoms with Gasteiger partial charge in [0.15, 0.2) is 0 Å². The van der Waals surface area contributed by atoms with Gasteiger partial charge >= 0.3 is 0 Å². The first-order chi connectivity index (χ1) is 19.3. The van der Waals surface area contributed by atoms with Crippen LogP contribution in [0.25, 0.3) is 0 Å². The number of allylic oxidation sites excluding steroid dienone is 4. The number of hydrogen-bond acceptors (Lipinski definition) is 1. The molecule has 0 radical (unpaired) electrons. The Morgan fingerprint density at radius 3 is 0.897 bits per heavy atom. The van der Waals surface area contributed by atoms with Gasteiger partial charge in [0.05, 0.1) is 0 Å². The molecule has 0 aliphatic heterocycles. The van der Waals surface area contributed by atoms with Crippen LogP contribution < -0.4 is 5.73 Å². The van der Waals surface area contributed by atoms with Gasteiger partial charge in [-0.15, -0.1) is 0 Å². The largest absolute Gasteiger partial charge is 0.330 e. The molecule has 0 fully saturated rings. The first-order valence-corrected chi connectivity index (χ1v) is 18.3. The van der Waals surface area contributed by atoms with Gasteiger partial charge in [-0.05, 0) is 76.7 Å². The molecule has 2 N–H and O–H groups in total. The monoisotopic (exact) mass is 546 g/mol. The molecule has 0 atom stereocenters. The number of unbranched alkanes of at least 4 members (excludes halogenated alkanes) is 24. The van der Waals surface area contributed by atoms with Crippen LogP contribution in [0.5, 0.6) is 0 Å². The van der Waals surface area contributed by atoms with Crippen LogP contribution >= 0.6 is 0 Å². The molecule has 0 aromatic rings. The van der Waals surface area contributed by atoms with Crippen molar-refractivity contribution >= 4 is 0 Å². The van der Waals surface area contributed by atoms with Gasteiger partial charge in [-0.3, -0.25) is 0 Å². The summed E-state index contributed by atoms with van der Waals surface area (Å²) in [5, 5.41) is 0. The lowest BCUT2D eigenvalue weighted by molar-refractivity contribution is 0.410. The van der Waals surface area contributed by atoms with E-state index in [0.717, 1.165) is 12.5 Å². The molecule has 0 aliphatic rings. The molecule has 0 spiro atoms. The lowest BCUT2D eigenvalue weighted by Gasteiger charge is -2.14. The van der Waals surface area contributed by atoms with E-state index in [1.165, 1.54) is 193 Å². The van der Waals surface area contributed by atoms with E-state index in [4.69, 9.17) is 5.73 Å². The SMILES string of the molecule is CCCCCCCC/C=C\CCCCCCCCC(CN)CCCCCCCC/C=C\CCCCCCCC. The maximum absolute atomic E-state index is 6.09. The molecule has 0 amide bonds. The van der Waals surface area contributed by atoms with Crippen molar-refractivity contribution in [1.82, 2.24) is 0 Å². The van der Waals surface area contributed by atoms with Crippen molar-refractivity contribution in [3.05, 3.63) is 24.3 Å². The molecule has 0 saturated carbocycles. The highest BCUT2D eigenvalue weighted by Crippen LogP contribution is 2.19. The van der Waals surface area contributed by atoms with Gasteiger partial charge in [-0.2, -0.15) is 0 Å². The van der Waals surface area contributed by atoms with Gasteiger partial charge in [0.2, 0.25) is 0 Å². The van der Waals surface area contributed by atoms with Crippen LogP contribution in [0.15, 0.2) is 24.3 Å². The van der Waals surface area contributed by atoms with Crippen molar-refractivity contribution in [2.45, 2.75) is 206 Å². The predicted octanol–water partition coefficient (Wildman–Crippen LogP) is 13.4. The molecule has 0 aromatic carbocycles. The summed E-state index contributed by atoms with van der Waals surface area (Å²) >= 11 is 0. The fourth-order valence-corrected chi connectivity index (χ4v) is 5.74. The smallest absolute Gasteiger partial charge is 0.00489 e. The van der Waals surface area contributed by atoms with E-state index in [2.05, 4.69) is 38.2 Å². The van der Waals surface area contributed by atoms with Crippen LogP contribution in [-0.4, -0.2) is 6.54 Å². The average molecular weight is 546 g/mol. The van der Waals surface area contributed by atoms with E-state index in [-0.39, 0.29) is 0 Å². The maximum Gasteiger partial charge on any atom is -0.00489 e. The van der Waals surface area contributed by atoms with Gasteiger partial charge in [0.25, 0.3) is 0 Å². The quantitative estimate of drug-likeness (QED) is 0.0644. The lowest BCUT2D eigenvalue weighted by atomic mass is 9.94. The molecule has 39 heavy (non-hydrogen) atoms. The van der Waals surface area contributed by atoms with E-state index in [1.807, 2.05) is 0 Å². The van der Waals surface area contributed by atoms with Crippen molar-refractivity contribution in [3.63, 3.8) is 0 Å². The van der Waals surface area contributed by atoms with Gasteiger partial charge < -0.3 is 5.73 Å². The highest BCUT2D eigenvalue weighted by molar-refractivity contribution is 4.82. The second kappa shape index (κ2) is 35.5. The third-order valence-electron chi connectivity index (χ3n) is 8.58. The minimum Gasteiger partial charge on any atom is -0.330 e. The van der Waals surface area contributed by atoms with Crippen LogP contribution in [0.2, 0.25) is 0 Å². The summed E-state index contributed by atoms with van der Waals surface area (Å²) in [6, 6.07) is 0. The average Bonchev–Trinajstić information content (AvgIpc) is 2.95. The zero-order chi connectivity index (χ0) is 28.3. The molecule has 232 valence electrons. The van der Waals surface area contributed by atoms with E-state index in [0.29, 0.717) is 0 Å². The Hall–Kier alpha value is -0.560. The van der Waals surface area contributed by atoms with Crippen molar-refractivity contribution in [2.75, 3.05) is 6.54 Å². The Labute approximate surface area is 248 Å². The van der Waals surface area contributed by atoms with Crippen molar-refractivity contribution in [3.8, 4) is 0 Å². The van der Waals surface area contributed by atoms with Crippen LogP contribution in [0.3, 0.4) is 0 Å². The van der Waals surface area contributed by atoms with E-state index in [9.17, 15) is 0 Å². The predicted molar refractivity (Wildman–Crippen MR) is 181 cm³/mol. The topological polar surface area (TPSA) is 26.0 Å². The summed E-state index contributed by atoms with van der Waals surface area (Å²) in [5.74, 6) is 0.776. The van der Waals surface area contributed by atoms with Gasteiger partial charge in [-0.25, -0.2) is 0 Å². The van der Waals surface area contributed by atoms with Gasteiger partial charge in [0, 0.05) is 0 Å². The zero-order valence-corrected chi connectivity index (χ0v) is 27.4. The fraction of sp³-hybridized carbons (Fsp3) is 0.895. The van der Waals surface area contributed by atoms with Crippen LogP contribution in [0, 0.1) is 5.92 Å². The van der Waals surface area contributed by atoms with Gasteiger partial charge in [-0.1, -0.05) is 167 Å². The van der Waals surface area contributed by atoms with E-state index < -0.39 is 0 Å². The number of hydrogen-bond donors (Lipinski definition) is 1. The highest BCUT2D eigenvalue weighted by Gasteiger charge is 2.06. The molecule has 0 rings (SSSR count). The van der Waals surface area contributed by atoms with Crippen molar-refractivity contribution in [1.29, 1.82) is 0 Å². The maximum atomic E-state index is 6.09. The Balaban J connectivity index is 3.34. The summed E-state index contributed by atoms with van der Waals surface area (Å²) in [4.78, 5) is 0. The lowest BCUT2D eigenvalue weighted by Crippen LogP contribution is -2.14. The molecule has 1 nitrogen and oxygen atoms in total. The first-order valence-electron chi connectivity index (χ1n) is 18.3. The molecule has 0 saturated heterocycles. The molecule has 1 heteroatoms. The van der Waals surface area contributed by atoms with E-state index in [1.54, 1.807) is 0 Å². The molecular weight excluding hydrogens is 470 g/mol. The molecule has 0 unspecified atom stereocenters. The number of nitrogens with two attached hydrogens (primary N) is 1. The van der Waals surface area contributed by atoms with Gasteiger partial charge in [0.1, 0.15) is 0 Å². The minimum absolute atomic E-state index is 0.776. The van der Waals surface area contributed by atoms with Crippen LogP contribution in [-0.2, 0) is 0 Å².